The van der Waals surface area contributed by atoms with Crippen LogP contribution in [0.2, 0.25) is 0 Å². The molecule has 4 rings (SSSR count). The molecule has 1 amide bonds. The molecular formula is C22H21N3O5. The Morgan fingerprint density at radius 1 is 1.13 bits per heavy atom. The first kappa shape index (κ1) is 19.5. The summed E-state index contributed by atoms with van der Waals surface area (Å²) >= 11 is 0. The Hall–Kier alpha value is -3.81. The van der Waals surface area contributed by atoms with Gasteiger partial charge in [-0.2, -0.15) is 5.10 Å². The van der Waals surface area contributed by atoms with Crippen molar-refractivity contribution in [3.63, 3.8) is 0 Å². The largest absolute Gasteiger partial charge is 0.467 e. The van der Waals surface area contributed by atoms with E-state index >= 15 is 0 Å². The average Bonchev–Trinajstić information content (AvgIpc) is 3.53. The van der Waals surface area contributed by atoms with Crippen molar-refractivity contribution in [1.82, 2.24) is 5.01 Å². The van der Waals surface area contributed by atoms with E-state index in [4.69, 9.17) is 13.6 Å². The van der Waals surface area contributed by atoms with E-state index in [0.717, 1.165) is 0 Å². The molecule has 0 fully saturated rings. The molecule has 1 unspecified atom stereocenters. The average molecular weight is 407 g/mol. The van der Waals surface area contributed by atoms with Crippen molar-refractivity contribution < 1.29 is 23.2 Å². The second-order valence-electron chi connectivity index (χ2n) is 6.65. The first-order valence-electron chi connectivity index (χ1n) is 9.63. The Morgan fingerprint density at radius 3 is 2.57 bits per heavy atom. The van der Waals surface area contributed by atoms with Crippen LogP contribution in [0.1, 0.15) is 41.3 Å². The van der Waals surface area contributed by atoms with Gasteiger partial charge in [0.05, 0.1) is 31.2 Å². The molecule has 1 aliphatic rings. The van der Waals surface area contributed by atoms with E-state index in [1.54, 1.807) is 55.8 Å². The van der Waals surface area contributed by atoms with Gasteiger partial charge in [-0.3, -0.25) is 4.79 Å². The number of benzene rings is 1. The van der Waals surface area contributed by atoms with Crippen molar-refractivity contribution >= 4 is 23.3 Å². The highest BCUT2D eigenvalue weighted by Crippen LogP contribution is 2.33. The number of ether oxygens (including phenoxy) is 1. The van der Waals surface area contributed by atoms with Crippen molar-refractivity contribution in [3.05, 3.63) is 78.1 Å². The van der Waals surface area contributed by atoms with Crippen molar-refractivity contribution in [2.45, 2.75) is 19.4 Å². The maximum Gasteiger partial charge on any atom is 0.338 e. The number of hydrazone groups is 1. The molecule has 1 aliphatic heterocycles. The number of hydrogen-bond donors (Lipinski definition) is 1. The number of anilines is 1. The zero-order valence-electron chi connectivity index (χ0n) is 16.4. The van der Waals surface area contributed by atoms with Crippen LogP contribution in [0, 0.1) is 0 Å². The van der Waals surface area contributed by atoms with Crippen molar-refractivity contribution in [1.29, 1.82) is 0 Å². The van der Waals surface area contributed by atoms with Gasteiger partial charge in [-0.05, 0) is 55.5 Å². The van der Waals surface area contributed by atoms with Crippen molar-refractivity contribution in [3.8, 4) is 0 Å². The molecule has 0 aliphatic carbocycles. The molecule has 0 saturated heterocycles. The lowest BCUT2D eigenvalue weighted by molar-refractivity contribution is -0.131. The minimum absolute atomic E-state index is 0.0326. The predicted molar refractivity (Wildman–Crippen MR) is 109 cm³/mol. The lowest BCUT2D eigenvalue weighted by Gasteiger charge is -2.20. The molecule has 8 nitrogen and oxygen atoms in total. The Kier molecular flexibility index (Phi) is 5.65. The van der Waals surface area contributed by atoms with Crippen molar-refractivity contribution in [2.24, 2.45) is 5.10 Å². The predicted octanol–water partition coefficient (Wildman–Crippen LogP) is 3.84. The molecule has 1 N–H and O–H groups in total. The second-order valence-corrected chi connectivity index (χ2v) is 6.65. The fraction of sp³-hybridized carbons (Fsp3) is 0.227. The van der Waals surface area contributed by atoms with Crippen LogP contribution in [-0.2, 0) is 9.53 Å². The molecule has 1 aromatic carbocycles. The summed E-state index contributed by atoms with van der Waals surface area (Å²) in [4.78, 5) is 24.6. The molecule has 0 saturated carbocycles. The summed E-state index contributed by atoms with van der Waals surface area (Å²) in [7, 11) is 0. The number of nitrogens with zero attached hydrogens (tertiary/aromatic N) is 2. The smallest absolute Gasteiger partial charge is 0.338 e. The van der Waals surface area contributed by atoms with Gasteiger partial charge in [-0.25, -0.2) is 9.80 Å². The van der Waals surface area contributed by atoms with E-state index in [1.165, 1.54) is 5.01 Å². The summed E-state index contributed by atoms with van der Waals surface area (Å²) in [5, 5.41) is 8.98. The fourth-order valence-corrected chi connectivity index (χ4v) is 3.23. The maximum absolute atomic E-state index is 12.9. The molecule has 30 heavy (non-hydrogen) atoms. The van der Waals surface area contributed by atoms with Gasteiger partial charge in [0.1, 0.15) is 23.3 Å². The summed E-state index contributed by atoms with van der Waals surface area (Å²) in [6.45, 7) is 2.11. The van der Waals surface area contributed by atoms with Crippen LogP contribution in [0.5, 0.6) is 0 Å². The van der Waals surface area contributed by atoms with Crippen LogP contribution in [0.3, 0.4) is 0 Å². The summed E-state index contributed by atoms with van der Waals surface area (Å²) in [6, 6.07) is 13.6. The van der Waals surface area contributed by atoms with Crippen LogP contribution in [-0.4, -0.2) is 35.7 Å². The third kappa shape index (κ3) is 4.12. The molecule has 0 spiro atoms. The topological polar surface area (TPSA) is 97.3 Å². The lowest BCUT2D eigenvalue weighted by atomic mass is 10.1. The molecule has 3 aromatic rings. The van der Waals surface area contributed by atoms with Gasteiger partial charge in [0.25, 0.3) is 5.91 Å². The third-order valence-corrected chi connectivity index (χ3v) is 4.68. The van der Waals surface area contributed by atoms with Gasteiger partial charge < -0.3 is 18.9 Å². The zero-order chi connectivity index (χ0) is 20.9. The maximum atomic E-state index is 12.9. The normalized spacial score (nSPS) is 15.7. The molecule has 154 valence electrons. The summed E-state index contributed by atoms with van der Waals surface area (Å²) in [5.74, 6) is 0.697. The van der Waals surface area contributed by atoms with Crippen molar-refractivity contribution in [2.75, 3.05) is 18.5 Å². The minimum atomic E-state index is -0.377. The highest BCUT2D eigenvalue weighted by molar-refractivity contribution is 6.01. The summed E-state index contributed by atoms with van der Waals surface area (Å²) in [5.41, 5.74) is 1.85. The minimum Gasteiger partial charge on any atom is -0.467 e. The van der Waals surface area contributed by atoms with Gasteiger partial charge in [-0.15, -0.1) is 0 Å². The van der Waals surface area contributed by atoms with Gasteiger partial charge in [0, 0.05) is 12.1 Å². The Bertz CT molecular complexity index is 1020. The number of furan rings is 2. The van der Waals surface area contributed by atoms with Gasteiger partial charge in [0.2, 0.25) is 0 Å². The first-order chi connectivity index (χ1) is 14.7. The third-order valence-electron chi connectivity index (χ3n) is 4.68. The summed E-state index contributed by atoms with van der Waals surface area (Å²) in [6.07, 6.45) is 3.65. The zero-order valence-corrected chi connectivity index (χ0v) is 16.4. The Labute approximate surface area is 173 Å². The SMILES string of the molecule is CCOC(=O)c1ccc(NCC(=O)N2N=C(c3ccco3)CC2c2ccco2)cc1. The molecule has 3 heterocycles. The van der Waals surface area contributed by atoms with Crippen LogP contribution >= 0.6 is 0 Å². The van der Waals surface area contributed by atoms with Crippen LogP contribution in [0.15, 0.2) is 75.0 Å². The molecule has 1 atom stereocenters. The van der Waals surface area contributed by atoms with Crippen LogP contribution < -0.4 is 5.32 Å². The van der Waals surface area contributed by atoms with E-state index in [-0.39, 0.29) is 24.5 Å². The van der Waals surface area contributed by atoms with E-state index in [0.29, 0.717) is 41.5 Å². The van der Waals surface area contributed by atoms with E-state index in [9.17, 15) is 9.59 Å². The fourth-order valence-electron chi connectivity index (χ4n) is 3.23. The van der Waals surface area contributed by atoms with E-state index in [1.807, 2.05) is 12.1 Å². The summed E-state index contributed by atoms with van der Waals surface area (Å²) < 4.78 is 15.9. The quantitative estimate of drug-likeness (QED) is 0.598. The van der Waals surface area contributed by atoms with Gasteiger partial charge in [0.15, 0.2) is 0 Å². The molecule has 0 bridgehead atoms. The number of amides is 1. The van der Waals surface area contributed by atoms with Crippen LogP contribution in [0.25, 0.3) is 0 Å². The Balaban J connectivity index is 1.44. The van der Waals surface area contributed by atoms with Gasteiger partial charge in [-0.1, -0.05) is 0 Å². The van der Waals surface area contributed by atoms with Gasteiger partial charge >= 0.3 is 5.97 Å². The highest BCUT2D eigenvalue weighted by atomic mass is 16.5. The van der Waals surface area contributed by atoms with E-state index in [2.05, 4.69) is 10.4 Å². The number of nitrogens with one attached hydrogen (secondary N) is 1. The number of rotatable bonds is 7. The highest BCUT2D eigenvalue weighted by Gasteiger charge is 2.35. The monoisotopic (exact) mass is 407 g/mol. The number of esters is 1. The standard InChI is InChI=1S/C22H21N3O5/c1-2-28-22(27)15-7-9-16(10-8-15)23-14-21(26)25-18(20-6-4-12-30-20)13-17(24-25)19-5-3-11-29-19/h3-12,18,23H,2,13-14H2,1H3. The number of hydrogen-bond acceptors (Lipinski definition) is 7. The van der Waals surface area contributed by atoms with Crippen LogP contribution in [0.4, 0.5) is 5.69 Å². The molecular weight excluding hydrogens is 386 g/mol. The molecule has 2 aromatic heterocycles. The number of carbonyl (C=O) groups is 2. The Morgan fingerprint density at radius 2 is 1.90 bits per heavy atom. The number of carbonyl (C=O) groups excluding carboxylic acids is 2. The molecule has 0 radical (unpaired) electrons. The second kappa shape index (κ2) is 8.69. The van der Waals surface area contributed by atoms with E-state index < -0.39 is 0 Å². The molecule has 8 heteroatoms. The lowest BCUT2D eigenvalue weighted by Crippen LogP contribution is -2.32. The first-order valence-corrected chi connectivity index (χ1v) is 9.63.